The van der Waals surface area contributed by atoms with Crippen molar-refractivity contribution in [1.82, 2.24) is 4.98 Å². The molecule has 1 aromatic carbocycles. The van der Waals surface area contributed by atoms with Gasteiger partial charge >= 0.3 is 0 Å². The summed E-state index contributed by atoms with van der Waals surface area (Å²) in [5, 5.41) is 0.851. The first-order valence-electron chi connectivity index (χ1n) is 5.46. The Labute approximate surface area is 115 Å². The second-order valence-electron chi connectivity index (χ2n) is 3.72. The van der Waals surface area contributed by atoms with E-state index < -0.39 is 0 Å². The SMILES string of the molecule is NCCc1cncc(Oc2cccc(Cl)c2Cl)c1. The summed E-state index contributed by atoms with van der Waals surface area (Å²) in [5.41, 5.74) is 6.52. The van der Waals surface area contributed by atoms with E-state index in [1.807, 2.05) is 6.07 Å². The highest BCUT2D eigenvalue weighted by molar-refractivity contribution is 6.42. The van der Waals surface area contributed by atoms with Gasteiger partial charge in [-0.05, 0) is 36.7 Å². The fourth-order valence-corrected chi connectivity index (χ4v) is 1.84. The molecule has 0 saturated heterocycles. The predicted octanol–water partition coefficient (Wildman–Crippen LogP) is 3.68. The van der Waals surface area contributed by atoms with Gasteiger partial charge in [-0.25, -0.2) is 0 Å². The molecule has 0 aliphatic rings. The molecule has 0 spiro atoms. The lowest BCUT2D eigenvalue weighted by atomic mass is 10.2. The highest BCUT2D eigenvalue weighted by atomic mass is 35.5. The number of hydrogen-bond acceptors (Lipinski definition) is 3. The molecule has 0 atom stereocenters. The Balaban J connectivity index is 2.23. The van der Waals surface area contributed by atoms with Crippen LogP contribution in [-0.2, 0) is 6.42 Å². The molecule has 94 valence electrons. The van der Waals surface area contributed by atoms with Crippen LogP contribution in [0.15, 0.2) is 36.7 Å². The molecule has 0 aliphatic carbocycles. The van der Waals surface area contributed by atoms with Gasteiger partial charge < -0.3 is 10.5 Å². The molecule has 2 aromatic rings. The maximum atomic E-state index is 6.05. The third-order valence-corrected chi connectivity index (χ3v) is 3.15. The van der Waals surface area contributed by atoms with Crippen LogP contribution >= 0.6 is 23.2 Å². The number of rotatable bonds is 4. The zero-order valence-corrected chi connectivity index (χ0v) is 11.1. The van der Waals surface area contributed by atoms with Crippen molar-refractivity contribution in [3.8, 4) is 11.5 Å². The van der Waals surface area contributed by atoms with Crippen LogP contribution in [0.1, 0.15) is 5.56 Å². The van der Waals surface area contributed by atoms with E-state index in [1.165, 1.54) is 0 Å². The Hall–Kier alpha value is -1.29. The Bertz CT molecular complexity index is 546. The molecule has 0 radical (unpaired) electrons. The zero-order valence-electron chi connectivity index (χ0n) is 9.57. The van der Waals surface area contributed by atoms with Crippen LogP contribution in [-0.4, -0.2) is 11.5 Å². The number of nitrogens with two attached hydrogens (primary N) is 1. The molecule has 18 heavy (non-hydrogen) atoms. The van der Waals surface area contributed by atoms with Crippen molar-refractivity contribution in [2.75, 3.05) is 6.54 Å². The number of benzene rings is 1. The summed E-state index contributed by atoms with van der Waals surface area (Å²) in [4.78, 5) is 4.09. The summed E-state index contributed by atoms with van der Waals surface area (Å²) in [7, 11) is 0. The van der Waals surface area contributed by atoms with Gasteiger partial charge in [0.05, 0.1) is 11.2 Å². The summed E-state index contributed by atoms with van der Waals surface area (Å²) < 4.78 is 5.66. The molecule has 0 aliphatic heterocycles. The van der Waals surface area contributed by atoms with E-state index in [4.69, 9.17) is 33.7 Å². The average Bonchev–Trinajstić information content (AvgIpc) is 2.36. The third kappa shape index (κ3) is 3.13. The fraction of sp³-hybridized carbons (Fsp3) is 0.154. The average molecular weight is 283 g/mol. The summed E-state index contributed by atoms with van der Waals surface area (Å²) in [6.07, 6.45) is 4.14. The molecule has 3 nitrogen and oxygen atoms in total. The molecule has 0 fully saturated rings. The largest absolute Gasteiger partial charge is 0.454 e. The van der Waals surface area contributed by atoms with Crippen molar-refractivity contribution >= 4 is 23.2 Å². The summed E-state index contributed by atoms with van der Waals surface area (Å²) in [6, 6.07) is 7.13. The van der Waals surface area contributed by atoms with Gasteiger partial charge in [0.15, 0.2) is 0 Å². The summed E-state index contributed by atoms with van der Waals surface area (Å²) in [5.74, 6) is 1.13. The van der Waals surface area contributed by atoms with E-state index in [-0.39, 0.29) is 0 Å². The van der Waals surface area contributed by atoms with E-state index >= 15 is 0 Å². The van der Waals surface area contributed by atoms with Crippen LogP contribution < -0.4 is 10.5 Å². The molecule has 0 saturated carbocycles. The molecule has 1 heterocycles. The van der Waals surface area contributed by atoms with Crippen LogP contribution in [0.4, 0.5) is 0 Å². The molecule has 2 rings (SSSR count). The molecular weight excluding hydrogens is 271 g/mol. The number of hydrogen-bond donors (Lipinski definition) is 1. The lowest BCUT2D eigenvalue weighted by molar-refractivity contribution is 0.479. The van der Waals surface area contributed by atoms with Gasteiger partial charge in [-0.2, -0.15) is 0 Å². The van der Waals surface area contributed by atoms with Gasteiger partial charge in [0.1, 0.15) is 16.5 Å². The van der Waals surface area contributed by atoms with Crippen LogP contribution in [0.2, 0.25) is 10.0 Å². The molecule has 1 aromatic heterocycles. The minimum Gasteiger partial charge on any atom is -0.454 e. The first-order valence-corrected chi connectivity index (χ1v) is 6.22. The van der Waals surface area contributed by atoms with Crippen molar-refractivity contribution in [2.45, 2.75) is 6.42 Å². The maximum Gasteiger partial charge on any atom is 0.147 e. The maximum absolute atomic E-state index is 6.05. The minimum atomic E-state index is 0.392. The third-order valence-electron chi connectivity index (χ3n) is 2.35. The van der Waals surface area contributed by atoms with Crippen LogP contribution in [0.3, 0.4) is 0 Å². The molecule has 5 heteroatoms. The van der Waals surface area contributed by atoms with E-state index in [0.717, 1.165) is 12.0 Å². The number of aromatic nitrogens is 1. The second kappa shape index (κ2) is 6.05. The topological polar surface area (TPSA) is 48.1 Å². The molecule has 0 bridgehead atoms. The van der Waals surface area contributed by atoms with Gasteiger partial charge in [0.25, 0.3) is 0 Å². The van der Waals surface area contributed by atoms with Gasteiger partial charge in [-0.15, -0.1) is 0 Å². The number of halogens is 2. The number of nitrogens with zero attached hydrogens (tertiary/aromatic N) is 1. The van der Waals surface area contributed by atoms with E-state index in [9.17, 15) is 0 Å². The minimum absolute atomic E-state index is 0.392. The van der Waals surface area contributed by atoms with Crippen molar-refractivity contribution in [2.24, 2.45) is 5.73 Å². The summed E-state index contributed by atoms with van der Waals surface area (Å²) in [6.45, 7) is 0.572. The fourth-order valence-electron chi connectivity index (χ4n) is 1.51. The molecule has 0 amide bonds. The second-order valence-corrected chi connectivity index (χ2v) is 4.51. The van der Waals surface area contributed by atoms with Gasteiger partial charge in [-0.1, -0.05) is 29.3 Å². The van der Waals surface area contributed by atoms with Gasteiger partial charge in [0.2, 0.25) is 0 Å². The van der Waals surface area contributed by atoms with Crippen molar-refractivity contribution in [1.29, 1.82) is 0 Å². The van der Waals surface area contributed by atoms with Crippen molar-refractivity contribution in [3.63, 3.8) is 0 Å². The summed E-state index contributed by atoms with van der Waals surface area (Å²) >= 11 is 12.0. The predicted molar refractivity (Wildman–Crippen MR) is 73.5 cm³/mol. The van der Waals surface area contributed by atoms with Gasteiger partial charge in [0, 0.05) is 6.20 Å². The van der Waals surface area contributed by atoms with Crippen LogP contribution in [0, 0.1) is 0 Å². The van der Waals surface area contributed by atoms with Crippen molar-refractivity contribution < 1.29 is 4.74 Å². The molecule has 0 unspecified atom stereocenters. The molecular formula is C13H12Cl2N2O. The Morgan fingerprint density at radius 2 is 2.06 bits per heavy atom. The lowest BCUT2D eigenvalue weighted by Crippen LogP contribution is -2.03. The van der Waals surface area contributed by atoms with E-state index in [1.54, 1.807) is 30.6 Å². The first kappa shape index (κ1) is 13.1. The normalized spacial score (nSPS) is 10.4. The van der Waals surface area contributed by atoms with Crippen LogP contribution in [0.25, 0.3) is 0 Å². The monoisotopic (exact) mass is 282 g/mol. The highest BCUT2D eigenvalue weighted by Crippen LogP contribution is 2.34. The Morgan fingerprint density at radius 1 is 1.22 bits per heavy atom. The Kier molecular flexibility index (Phi) is 4.42. The van der Waals surface area contributed by atoms with Crippen molar-refractivity contribution in [3.05, 3.63) is 52.3 Å². The first-order chi connectivity index (χ1) is 8.70. The quantitative estimate of drug-likeness (QED) is 0.931. The van der Waals surface area contributed by atoms with E-state index in [2.05, 4.69) is 4.98 Å². The number of pyridine rings is 1. The zero-order chi connectivity index (χ0) is 13.0. The van der Waals surface area contributed by atoms with Gasteiger partial charge in [-0.3, -0.25) is 4.98 Å². The Morgan fingerprint density at radius 3 is 2.83 bits per heavy atom. The van der Waals surface area contributed by atoms with E-state index in [0.29, 0.717) is 28.1 Å². The number of ether oxygens (including phenoxy) is 1. The van der Waals surface area contributed by atoms with Crippen LogP contribution in [0.5, 0.6) is 11.5 Å². The highest BCUT2D eigenvalue weighted by Gasteiger charge is 2.07. The lowest BCUT2D eigenvalue weighted by Gasteiger charge is -2.09. The molecule has 2 N–H and O–H groups in total. The standard InChI is InChI=1S/C13H12Cl2N2O/c14-11-2-1-3-12(13(11)15)18-10-6-9(4-5-16)7-17-8-10/h1-3,6-8H,4-5,16H2. The smallest absolute Gasteiger partial charge is 0.147 e.